The van der Waals surface area contributed by atoms with Crippen molar-refractivity contribution in [3.8, 4) is 0 Å². The van der Waals surface area contributed by atoms with Crippen molar-refractivity contribution in [3.63, 3.8) is 0 Å². The molecule has 1 heterocycles. The lowest BCUT2D eigenvalue weighted by atomic mass is 10.0. The minimum atomic E-state index is 0.571. The molecule has 0 aliphatic heterocycles. The van der Waals surface area contributed by atoms with E-state index in [1.54, 1.807) is 0 Å². The summed E-state index contributed by atoms with van der Waals surface area (Å²) >= 11 is 0. The van der Waals surface area contributed by atoms with Gasteiger partial charge in [-0.3, -0.25) is 4.68 Å². The van der Waals surface area contributed by atoms with Gasteiger partial charge >= 0.3 is 0 Å². The zero-order valence-electron chi connectivity index (χ0n) is 10.3. The second kappa shape index (κ2) is 5.91. The lowest BCUT2D eigenvalue weighted by molar-refractivity contribution is 0.410. The SMILES string of the molecule is CCC(C)CC(C)NCc1ccn(C)n1. The topological polar surface area (TPSA) is 29.9 Å². The van der Waals surface area contributed by atoms with Crippen LogP contribution in [0.3, 0.4) is 0 Å². The van der Waals surface area contributed by atoms with E-state index < -0.39 is 0 Å². The van der Waals surface area contributed by atoms with Gasteiger partial charge in [0.2, 0.25) is 0 Å². The predicted molar refractivity (Wildman–Crippen MR) is 63.6 cm³/mol. The molecule has 1 rings (SSSR count). The largest absolute Gasteiger partial charge is 0.309 e. The van der Waals surface area contributed by atoms with Crippen LogP contribution in [0.4, 0.5) is 0 Å². The van der Waals surface area contributed by atoms with Gasteiger partial charge in [0.25, 0.3) is 0 Å². The van der Waals surface area contributed by atoms with Crippen LogP contribution in [0.15, 0.2) is 12.3 Å². The Morgan fingerprint density at radius 2 is 2.20 bits per heavy atom. The molecule has 2 atom stereocenters. The van der Waals surface area contributed by atoms with E-state index in [-0.39, 0.29) is 0 Å². The summed E-state index contributed by atoms with van der Waals surface area (Å²) in [7, 11) is 1.95. The van der Waals surface area contributed by atoms with Gasteiger partial charge in [-0.25, -0.2) is 0 Å². The second-order valence-electron chi connectivity index (χ2n) is 4.51. The molecular formula is C12H23N3. The first-order chi connectivity index (χ1) is 7.11. The van der Waals surface area contributed by atoms with E-state index in [4.69, 9.17) is 0 Å². The minimum Gasteiger partial charge on any atom is -0.309 e. The van der Waals surface area contributed by atoms with Crippen molar-refractivity contribution in [1.29, 1.82) is 0 Å². The standard InChI is InChI=1S/C12H23N3/c1-5-10(2)8-11(3)13-9-12-6-7-15(4)14-12/h6-7,10-11,13H,5,8-9H2,1-4H3. The molecule has 0 spiro atoms. The van der Waals surface area contributed by atoms with Gasteiger partial charge < -0.3 is 5.32 Å². The molecule has 0 saturated carbocycles. The van der Waals surface area contributed by atoms with Gasteiger partial charge in [0.1, 0.15) is 0 Å². The fourth-order valence-corrected chi connectivity index (χ4v) is 1.69. The van der Waals surface area contributed by atoms with Gasteiger partial charge in [0.05, 0.1) is 5.69 Å². The molecule has 3 heteroatoms. The molecule has 0 fully saturated rings. The highest BCUT2D eigenvalue weighted by Gasteiger charge is 2.07. The third kappa shape index (κ3) is 4.47. The average Bonchev–Trinajstić information content (AvgIpc) is 2.61. The minimum absolute atomic E-state index is 0.571. The number of aryl methyl sites for hydroxylation is 1. The van der Waals surface area contributed by atoms with Gasteiger partial charge in [-0.05, 0) is 25.3 Å². The number of hydrogen-bond acceptors (Lipinski definition) is 2. The summed E-state index contributed by atoms with van der Waals surface area (Å²) in [5.74, 6) is 0.802. The van der Waals surface area contributed by atoms with Crippen LogP contribution in [-0.2, 0) is 13.6 Å². The van der Waals surface area contributed by atoms with Crippen molar-refractivity contribution in [2.24, 2.45) is 13.0 Å². The smallest absolute Gasteiger partial charge is 0.0762 e. The lowest BCUT2D eigenvalue weighted by Gasteiger charge is -2.16. The molecule has 0 amide bonds. The Labute approximate surface area is 92.9 Å². The molecule has 0 radical (unpaired) electrons. The first-order valence-corrected chi connectivity index (χ1v) is 5.83. The highest BCUT2D eigenvalue weighted by atomic mass is 15.3. The van der Waals surface area contributed by atoms with E-state index >= 15 is 0 Å². The molecule has 15 heavy (non-hydrogen) atoms. The van der Waals surface area contributed by atoms with Crippen LogP contribution in [0.5, 0.6) is 0 Å². The van der Waals surface area contributed by atoms with E-state index in [9.17, 15) is 0 Å². The third-order valence-corrected chi connectivity index (χ3v) is 2.85. The van der Waals surface area contributed by atoms with Crippen molar-refractivity contribution in [3.05, 3.63) is 18.0 Å². The van der Waals surface area contributed by atoms with E-state index in [0.717, 1.165) is 18.2 Å². The van der Waals surface area contributed by atoms with E-state index in [2.05, 4.69) is 37.3 Å². The highest BCUT2D eigenvalue weighted by molar-refractivity contribution is 4.98. The average molecular weight is 209 g/mol. The fourth-order valence-electron chi connectivity index (χ4n) is 1.69. The summed E-state index contributed by atoms with van der Waals surface area (Å²) in [6.07, 6.45) is 4.48. The molecule has 3 nitrogen and oxygen atoms in total. The number of nitrogens with zero attached hydrogens (tertiary/aromatic N) is 2. The zero-order valence-corrected chi connectivity index (χ0v) is 10.3. The molecular weight excluding hydrogens is 186 g/mol. The van der Waals surface area contributed by atoms with Gasteiger partial charge in [-0.2, -0.15) is 5.10 Å². The molecule has 2 unspecified atom stereocenters. The number of aromatic nitrogens is 2. The maximum absolute atomic E-state index is 4.34. The molecule has 0 saturated heterocycles. The van der Waals surface area contributed by atoms with Crippen LogP contribution in [0.2, 0.25) is 0 Å². The maximum Gasteiger partial charge on any atom is 0.0762 e. The Morgan fingerprint density at radius 3 is 2.73 bits per heavy atom. The Morgan fingerprint density at radius 1 is 1.47 bits per heavy atom. The first-order valence-electron chi connectivity index (χ1n) is 5.83. The van der Waals surface area contributed by atoms with Crippen molar-refractivity contribution >= 4 is 0 Å². The molecule has 0 aromatic carbocycles. The van der Waals surface area contributed by atoms with Crippen molar-refractivity contribution in [1.82, 2.24) is 15.1 Å². The molecule has 1 aromatic heterocycles. The van der Waals surface area contributed by atoms with Crippen LogP contribution < -0.4 is 5.32 Å². The van der Waals surface area contributed by atoms with Crippen LogP contribution >= 0.6 is 0 Å². The normalized spacial score (nSPS) is 15.2. The molecule has 1 aromatic rings. The van der Waals surface area contributed by atoms with Crippen LogP contribution in [0.1, 0.15) is 39.3 Å². The summed E-state index contributed by atoms with van der Waals surface area (Å²) in [4.78, 5) is 0. The Hall–Kier alpha value is -0.830. The first kappa shape index (κ1) is 12.2. The van der Waals surface area contributed by atoms with Gasteiger partial charge in [-0.1, -0.05) is 20.3 Å². The summed E-state index contributed by atoms with van der Waals surface area (Å²) in [6.45, 7) is 7.67. The quantitative estimate of drug-likeness (QED) is 0.779. The zero-order chi connectivity index (χ0) is 11.3. The Bertz CT molecular complexity index is 280. The summed E-state index contributed by atoms with van der Waals surface area (Å²) < 4.78 is 1.84. The molecule has 0 bridgehead atoms. The Kier molecular flexibility index (Phi) is 4.82. The maximum atomic E-state index is 4.34. The number of nitrogens with one attached hydrogen (secondary N) is 1. The number of rotatable bonds is 6. The van der Waals surface area contributed by atoms with Crippen LogP contribution in [0.25, 0.3) is 0 Å². The van der Waals surface area contributed by atoms with Gasteiger partial charge in [0.15, 0.2) is 0 Å². The molecule has 1 N–H and O–H groups in total. The highest BCUT2D eigenvalue weighted by Crippen LogP contribution is 2.09. The summed E-state index contributed by atoms with van der Waals surface area (Å²) in [5.41, 5.74) is 1.12. The van der Waals surface area contributed by atoms with Crippen LogP contribution in [0, 0.1) is 5.92 Å². The van der Waals surface area contributed by atoms with E-state index in [1.807, 2.05) is 17.9 Å². The molecule has 0 aliphatic carbocycles. The fraction of sp³-hybridized carbons (Fsp3) is 0.750. The second-order valence-corrected chi connectivity index (χ2v) is 4.51. The van der Waals surface area contributed by atoms with Gasteiger partial charge in [-0.15, -0.1) is 0 Å². The van der Waals surface area contributed by atoms with E-state index in [0.29, 0.717) is 6.04 Å². The van der Waals surface area contributed by atoms with Crippen molar-refractivity contribution in [2.45, 2.75) is 46.2 Å². The molecule has 0 aliphatic rings. The molecule has 86 valence electrons. The summed E-state index contributed by atoms with van der Waals surface area (Å²) in [5, 5.41) is 7.84. The Balaban J connectivity index is 2.25. The van der Waals surface area contributed by atoms with Gasteiger partial charge in [0, 0.05) is 25.8 Å². The summed E-state index contributed by atoms with van der Waals surface area (Å²) in [6, 6.07) is 2.63. The van der Waals surface area contributed by atoms with Crippen molar-refractivity contribution in [2.75, 3.05) is 0 Å². The predicted octanol–water partition coefficient (Wildman–Crippen LogP) is 2.33. The monoisotopic (exact) mass is 209 g/mol. The van der Waals surface area contributed by atoms with E-state index in [1.165, 1.54) is 12.8 Å². The lowest BCUT2D eigenvalue weighted by Crippen LogP contribution is -2.27. The number of hydrogen-bond donors (Lipinski definition) is 1. The van der Waals surface area contributed by atoms with Crippen LogP contribution in [-0.4, -0.2) is 15.8 Å². The van der Waals surface area contributed by atoms with Crippen molar-refractivity contribution < 1.29 is 0 Å². The third-order valence-electron chi connectivity index (χ3n) is 2.85.